The molecule has 0 heterocycles. The second kappa shape index (κ2) is 9.22. The molecule has 0 radical (unpaired) electrons. The third-order valence-electron chi connectivity index (χ3n) is 3.34. The van der Waals surface area contributed by atoms with Crippen molar-refractivity contribution in [1.29, 1.82) is 0 Å². The van der Waals surface area contributed by atoms with Gasteiger partial charge in [-0.1, -0.05) is 18.2 Å². The number of nitrogens with one attached hydrogen (secondary N) is 1. The molecule has 2 rings (SSSR count). The number of benzene rings is 2. The zero-order valence-electron chi connectivity index (χ0n) is 14.6. The van der Waals surface area contributed by atoms with Crippen molar-refractivity contribution in [3.05, 3.63) is 60.2 Å². The summed E-state index contributed by atoms with van der Waals surface area (Å²) in [7, 11) is 3.12. The Morgan fingerprint density at radius 2 is 1.54 bits per heavy atom. The van der Waals surface area contributed by atoms with Gasteiger partial charge in [0.2, 0.25) is 0 Å². The molecule has 0 saturated carbocycles. The Bertz CT molecular complexity index is 757. The lowest BCUT2D eigenvalue weighted by Crippen LogP contribution is -2.33. The van der Waals surface area contributed by atoms with Crippen molar-refractivity contribution in [2.75, 3.05) is 27.2 Å². The van der Waals surface area contributed by atoms with Crippen LogP contribution in [0.15, 0.2) is 54.6 Å². The molecule has 0 spiro atoms. The summed E-state index contributed by atoms with van der Waals surface area (Å²) in [6.45, 7) is -0.672. The van der Waals surface area contributed by atoms with Crippen LogP contribution in [0.5, 0.6) is 11.5 Å². The molecule has 7 heteroatoms. The Kier molecular flexibility index (Phi) is 6.73. The fourth-order valence-electron chi connectivity index (χ4n) is 1.88. The van der Waals surface area contributed by atoms with Gasteiger partial charge in [0.05, 0.1) is 0 Å². The summed E-state index contributed by atoms with van der Waals surface area (Å²) in [6.07, 6.45) is 0. The molecule has 2 aromatic carbocycles. The standard InChI is InChI=1S/C19H20N2O5/c1-21(2)17(22)13-25-18(23)12-20-19(24)14-8-10-16(11-9-14)26-15-6-4-3-5-7-15/h3-11H,12-13H2,1-2H3,(H,20,24). The number of para-hydroxylation sites is 1. The highest BCUT2D eigenvalue weighted by molar-refractivity contribution is 5.96. The van der Waals surface area contributed by atoms with Gasteiger partial charge in [0.1, 0.15) is 18.0 Å². The molecular weight excluding hydrogens is 336 g/mol. The Balaban J connectivity index is 1.80. The Labute approximate surface area is 151 Å². The minimum absolute atomic E-state index is 0.318. The number of hydrogen-bond donors (Lipinski definition) is 1. The summed E-state index contributed by atoms with van der Waals surface area (Å²) in [5.74, 6) is -0.155. The first-order valence-electron chi connectivity index (χ1n) is 7.92. The van der Waals surface area contributed by atoms with Crippen molar-refractivity contribution in [3.8, 4) is 11.5 Å². The highest BCUT2D eigenvalue weighted by Gasteiger charge is 2.11. The quantitative estimate of drug-likeness (QED) is 0.765. The van der Waals surface area contributed by atoms with E-state index in [2.05, 4.69) is 5.32 Å². The first-order chi connectivity index (χ1) is 12.5. The second-order valence-electron chi connectivity index (χ2n) is 5.57. The third-order valence-corrected chi connectivity index (χ3v) is 3.34. The van der Waals surface area contributed by atoms with Gasteiger partial charge in [-0.25, -0.2) is 0 Å². The van der Waals surface area contributed by atoms with Crippen LogP contribution in [-0.2, 0) is 14.3 Å². The largest absolute Gasteiger partial charge is 0.457 e. The van der Waals surface area contributed by atoms with Crippen molar-refractivity contribution < 1.29 is 23.9 Å². The summed E-state index contributed by atoms with van der Waals surface area (Å²) in [6, 6.07) is 15.8. The Hall–Kier alpha value is -3.35. The second-order valence-corrected chi connectivity index (χ2v) is 5.57. The van der Waals surface area contributed by atoms with Crippen LogP contribution >= 0.6 is 0 Å². The molecule has 136 valence electrons. The third kappa shape index (κ3) is 5.94. The maximum atomic E-state index is 12.0. The van der Waals surface area contributed by atoms with Gasteiger partial charge in [-0.3, -0.25) is 14.4 Å². The van der Waals surface area contributed by atoms with Crippen LogP contribution in [0.25, 0.3) is 0 Å². The van der Waals surface area contributed by atoms with Crippen LogP contribution < -0.4 is 10.1 Å². The minimum atomic E-state index is -0.683. The van der Waals surface area contributed by atoms with E-state index in [-0.39, 0.29) is 19.1 Å². The van der Waals surface area contributed by atoms with Crippen LogP contribution in [0.1, 0.15) is 10.4 Å². The van der Waals surface area contributed by atoms with E-state index in [1.54, 1.807) is 38.4 Å². The van der Waals surface area contributed by atoms with Crippen molar-refractivity contribution in [2.24, 2.45) is 0 Å². The SMILES string of the molecule is CN(C)C(=O)COC(=O)CNC(=O)c1ccc(Oc2ccccc2)cc1. The van der Waals surface area contributed by atoms with E-state index in [9.17, 15) is 14.4 Å². The van der Waals surface area contributed by atoms with Crippen molar-refractivity contribution in [2.45, 2.75) is 0 Å². The van der Waals surface area contributed by atoms with Crippen LogP contribution in [0.3, 0.4) is 0 Å². The first-order valence-corrected chi connectivity index (χ1v) is 7.92. The molecule has 2 amide bonds. The van der Waals surface area contributed by atoms with Crippen molar-refractivity contribution in [3.63, 3.8) is 0 Å². The van der Waals surface area contributed by atoms with Gasteiger partial charge in [-0.05, 0) is 36.4 Å². The van der Waals surface area contributed by atoms with E-state index >= 15 is 0 Å². The minimum Gasteiger partial charge on any atom is -0.457 e. The molecule has 2 aromatic rings. The summed E-state index contributed by atoms with van der Waals surface area (Å²) < 4.78 is 10.4. The predicted molar refractivity (Wildman–Crippen MR) is 94.9 cm³/mol. The van der Waals surface area contributed by atoms with Crippen LogP contribution in [0, 0.1) is 0 Å². The monoisotopic (exact) mass is 356 g/mol. The Morgan fingerprint density at radius 3 is 2.15 bits per heavy atom. The highest BCUT2D eigenvalue weighted by atomic mass is 16.5. The predicted octanol–water partition coefficient (Wildman–Crippen LogP) is 1.84. The van der Waals surface area contributed by atoms with E-state index < -0.39 is 11.9 Å². The molecule has 7 nitrogen and oxygen atoms in total. The molecule has 0 aliphatic carbocycles. The summed E-state index contributed by atoms with van der Waals surface area (Å²) >= 11 is 0. The topological polar surface area (TPSA) is 84.9 Å². The lowest BCUT2D eigenvalue weighted by Gasteiger charge is -2.11. The summed E-state index contributed by atoms with van der Waals surface area (Å²) in [5, 5.41) is 2.44. The van der Waals surface area contributed by atoms with E-state index in [0.29, 0.717) is 17.1 Å². The summed E-state index contributed by atoms with van der Waals surface area (Å²) in [4.78, 5) is 36.2. The van der Waals surface area contributed by atoms with Gasteiger partial charge in [-0.15, -0.1) is 0 Å². The number of ether oxygens (including phenoxy) is 2. The number of esters is 1. The number of amides is 2. The molecule has 1 N–H and O–H groups in total. The average Bonchev–Trinajstić information content (AvgIpc) is 2.65. The van der Waals surface area contributed by atoms with E-state index in [0.717, 1.165) is 0 Å². The zero-order chi connectivity index (χ0) is 18.9. The number of carbonyl (C=O) groups is 3. The highest BCUT2D eigenvalue weighted by Crippen LogP contribution is 2.21. The molecule has 0 atom stereocenters. The lowest BCUT2D eigenvalue weighted by atomic mass is 10.2. The van der Waals surface area contributed by atoms with E-state index in [4.69, 9.17) is 9.47 Å². The van der Waals surface area contributed by atoms with Crippen molar-refractivity contribution >= 4 is 17.8 Å². The van der Waals surface area contributed by atoms with Gasteiger partial charge >= 0.3 is 5.97 Å². The molecule has 26 heavy (non-hydrogen) atoms. The molecule has 0 aliphatic rings. The zero-order valence-corrected chi connectivity index (χ0v) is 14.6. The summed E-state index contributed by atoms with van der Waals surface area (Å²) in [5.41, 5.74) is 0.377. The van der Waals surface area contributed by atoms with Gasteiger partial charge < -0.3 is 19.7 Å². The number of hydrogen-bond acceptors (Lipinski definition) is 5. The molecule has 0 aliphatic heterocycles. The molecule has 0 saturated heterocycles. The number of nitrogens with zero attached hydrogens (tertiary/aromatic N) is 1. The van der Waals surface area contributed by atoms with Gasteiger partial charge in [0, 0.05) is 19.7 Å². The Morgan fingerprint density at radius 1 is 0.923 bits per heavy atom. The number of likely N-dealkylation sites (N-methyl/N-ethyl adjacent to an activating group) is 1. The smallest absolute Gasteiger partial charge is 0.325 e. The fraction of sp³-hybridized carbons (Fsp3) is 0.211. The fourth-order valence-corrected chi connectivity index (χ4v) is 1.88. The maximum absolute atomic E-state index is 12.0. The van der Waals surface area contributed by atoms with E-state index in [1.165, 1.54) is 4.90 Å². The average molecular weight is 356 g/mol. The van der Waals surface area contributed by atoms with E-state index in [1.807, 2.05) is 30.3 Å². The maximum Gasteiger partial charge on any atom is 0.325 e. The van der Waals surface area contributed by atoms with Gasteiger partial charge in [0.15, 0.2) is 6.61 Å². The normalized spacial score (nSPS) is 9.92. The molecule has 0 fully saturated rings. The van der Waals surface area contributed by atoms with Crippen LogP contribution in [0.2, 0.25) is 0 Å². The molecule has 0 unspecified atom stereocenters. The molecule has 0 bridgehead atoms. The van der Waals surface area contributed by atoms with Gasteiger partial charge in [0.25, 0.3) is 11.8 Å². The van der Waals surface area contributed by atoms with Crippen LogP contribution in [-0.4, -0.2) is 49.9 Å². The van der Waals surface area contributed by atoms with Crippen LogP contribution in [0.4, 0.5) is 0 Å². The van der Waals surface area contributed by atoms with Gasteiger partial charge in [-0.2, -0.15) is 0 Å². The number of carbonyl (C=O) groups excluding carboxylic acids is 3. The number of rotatable bonds is 7. The lowest BCUT2D eigenvalue weighted by molar-refractivity contribution is -0.150. The molecular formula is C19H20N2O5. The first kappa shape index (κ1) is 19.0. The molecule has 0 aromatic heterocycles. The van der Waals surface area contributed by atoms with Crippen molar-refractivity contribution in [1.82, 2.24) is 10.2 Å².